The zero-order valence-corrected chi connectivity index (χ0v) is 40.7. The summed E-state index contributed by atoms with van der Waals surface area (Å²) in [5, 5.41) is 15.4. The van der Waals surface area contributed by atoms with Gasteiger partial charge in [0.15, 0.2) is 18.0 Å². The third-order valence-electron chi connectivity index (χ3n) is 14.1. The molecule has 0 radical (unpaired) electrons. The molecule has 0 spiro atoms. The number of amides is 1. The molecule has 3 unspecified atom stereocenters. The second-order valence-corrected chi connectivity index (χ2v) is 19.2. The Morgan fingerprint density at radius 1 is 1.00 bits per heavy atom. The maximum atomic E-state index is 14.9. The summed E-state index contributed by atoms with van der Waals surface area (Å²) in [6.45, 7) is 15.1. The molecule has 0 saturated carbocycles. The number of ketones is 1. The molecule has 3 fully saturated rings. The zero-order valence-electron chi connectivity index (χ0n) is 40.7. The molecular formula is C50H75N5O11. The monoisotopic (exact) mass is 922 g/mol. The van der Waals surface area contributed by atoms with Crippen LogP contribution in [-0.4, -0.2) is 133 Å². The average Bonchev–Trinajstić information content (AvgIpc) is 3.55. The Kier molecular flexibility index (Phi) is 17.7. The van der Waals surface area contributed by atoms with Crippen LogP contribution in [0.15, 0.2) is 60.8 Å². The molecule has 2 aromatic rings. The minimum atomic E-state index is -1.41. The Balaban J connectivity index is 1.45. The van der Waals surface area contributed by atoms with Gasteiger partial charge >= 0.3 is 18.0 Å². The maximum Gasteiger partial charge on any atom is 0.410 e. The van der Waals surface area contributed by atoms with Crippen molar-refractivity contribution in [1.82, 2.24) is 15.1 Å². The predicted molar refractivity (Wildman–Crippen MR) is 250 cm³/mol. The van der Waals surface area contributed by atoms with Gasteiger partial charge in [-0.15, -0.1) is 0 Å². The van der Waals surface area contributed by atoms with E-state index in [1.165, 1.54) is 7.11 Å². The summed E-state index contributed by atoms with van der Waals surface area (Å²) in [5.74, 6) is -4.78. The van der Waals surface area contributed by atoms with Crippen molar-refractivity contribution in [3.8, 4) is 0 Å². The smallest absolute Gasteiger partial charge is 0.410 e. The van der Waals surface area contributed by atoms with Crippen molar-refractivity contribution in [1.29, 1.82) is 0 Å². The van der Waals surface area contributed by atoms with Crippen molar-refractivity contribution in [3.63, 3.8) is 0 Å². The summed E-state index contributed by atoms with van der Waals surface area (Å²) < 4.78 is 38.4. The maximum absolute atomic E-state index is 14.9. The average molecular weight is 922 g/mol. The first-order valence-corrected chi connectivity index (χ1v) is 23.4. The summed E-state index contributed by atoms with van der Waals surface area (Å²) >= 11 is 0. The molecule has 0 aromatic heterocycles. The fourth-order valence-corrected chi connectivity index (χ4v) is 10.2. The number of nitrogen functional groups attached to an aromatic ring is 1. The number of carbonyl (C=O) groups excluding carboxylic acids is 4. The number of carbonyl (C=O) groups is 4. The highest BCUT2D eigenvalue weighted by Crippen LogP contribution is 2.44. The summed E-state index contributed by atoms with van der Waals surface area (Å²) in [6.07, 6.45) is -2.45. The van der Waals surface area contributed by atoms with E-state index in [2.05, 4.69) is 5.32 Å². The summed E-state index contributed by atoms with van der Waals surface area (Å²) in [7, 11) is 5.31. The normalized spacial score (nSPS) is 34.8. The number of rotatable bonds is 14. The number of Topliss-reactive ketones (excluding diaryl/α,β-unsaturated/α-hetero) is 1. The molecule has 3 aliphatic heterocycles. The third kappa shape index (κ3) is 11.7. The van der Waals surface area contributed by atoms with Crippen molar-refractivity contribution in [2.24, 2.45) is 29.4 Å². The molecule has 0 bridgehead atoms. The highest BCUT2D eigenvalue weighted by atomic mass is 16.7. The summed E-state index contributed by atoms with van der Waals surface area (Å²) in [5.41, 5.74) is 11.8. The van der Waals surface area contributed by atoms with E-state index in [0.717, 1.165) is 5.56 Å². The Labute approximate surface area is 391 Å². The number of hydrogen-bond acceptors (Lipinski definition) is 15. The van der Waals surface area contributed by atoms with Crippen LogP contribution in [0.1, 0.15) is 103 Å². The molecule has 16 heteroatoms. The molecule has 16 nitrogen and oxygen atoms in total. The number of benzene rings is 2. The number of anilines is 1. The van der Waals surface area contributed by atoms with Crippen LogP contribution in [0.25, 0.3) is 5.70 Å². The Bertz CT molecular complexity index is 2000. The molecule has 366 valence electrons. The molecule has 6 N–H and O–H groups in total. The number of nitrogens with one attached hydrogen (secondary N) is 1. The number of fused-ring (bicyclic) bond motifs is 1. The number of hydrogen-bond donors (Lipinski definition) is 4. The van der Waals surface area contributed by atoms with Gasteiger partial charge in [-0.05, 0) is 98.2 Å². The van der Waals surface area contributed by atoms with Gasteiger partial charge in [-0.3, -0.25) is 9.59 Å². The largest absolute Gasteiger partial charge is 0.458 e. The Hall–Kier alpha value is -4.74. The number of nitrogens with two attached hydrogens (primary N) is 2. The predicted octanol–water partition coefficient (Wildman–Crippen LogP) is 5.76. The standard InChI is InChI=1S/C50H75N5O11/c1-12-39-50(8)43(55(48(60)66-50)24-17-16-23-53-28-37(52)35-21-18-22-36(51)26-35)31(4)40(56)29(2)27-49(7,61-11)44(32(5)41(57)33(6)45(58)63-39)65-47-42(38(54(9)10)25-30(3)62-47)64-46(59)34-19-14-13-15-20-34/h13-15,18-22,26,28-33,38-39,41-44,47,53,57H,12,16-17,23-25,27,51-52H2,1-11H3/b37-28-/t29-,30-,31+,32+,33-,38+,39?,41+,42-,43?,44-,47?,49+,50-/m1/s1. The fraction of sp³-hybridized carbons (Fsp3) is 0.640. The number of cyclic esters (lactones) is 1. The van der Waals surface area contributed by atoms with Crippen molar-refractivity contribution in [3.05, 3.63) is 71.9 Å². The van der Waals surface area contributed by atoms with Crippen LogP contribution < -0.4 is 16.8 Å². The van der Waals surface area contributed by atoms with E-state index in [1.54, 1.807) is 75.2 Å². The van der Waals surface area contributed by atoms with Gasteiger partial charge in [-0.1, -0.05) is 58.0 Å². The number of aliphatic hydroxyl groups is 1. The molecular weight excluding hydrogens is 847 g/mol. The van der Waals surface area contributed by atoms with Crippen LogP contribution in [0.2, 0.25) is 0 Å². The molecule has 2 aromatic carbocycles. The van der Waals surface area contributed by atoms with Crippen molar-refractivity contribution >= 4 is 35.2 Å². The van der Waals surface area contributed by atoms with Gasteiger partial charge < -0.3 is 60.1 Å². The topological polar surface area (TPSA) is 214 Å². The SMILES string of the molecule is CCC1OC(=O)[C@H](C)[C@@H](O)[C@H](C)[C@@H](OC2O[C@H](C)C[C@H](N(C)C)[C@H]2OC(=O)c2ccccc2)[C@@](C)(OC)C[C@@H](C)C(=O)[C@H](C)C2N(CCCCN/C=C(\N)c3cccc(N)c3)C(=O)O[C@]12C. The molecule has 1 amide bonds. The van der Waals surface area contributed by atoms with Crippen LogP contribution >= 0.6 is 0 Å². The second kappa shape index (κ2) is 22.4. The number of aliphatic hydroxyl groups excluding tert-OH is 1. The first-order chi connectivity index (χ1) is 31.2. The van der Waals surface area contributed by atoms with E-state index in [0.29, 0.717) is 42.8 Å². The number of unbranched alkanes of at least 4 members (excludes halogenated alkanes) is 1. The van der Waals surface area contributed by atoms with E-state index in [-0.39, 0.29) is 37.3 Å². The number of likely N-dealkylation sites (N-methyl/N-ethyl adjacent to an activating group) is 1. The molecule has 3 aliphatic rings. The number of nitrogens with zero attached hydrogens (tertiary/aromatic N) is 2. The fourth-order valence-electron chi connectivity index (χ4n) is 10.2. The van der Waals surface area contributed by atoms with Gasteiger partial charge in [0.05, 0.1) is 53.2 Å². The molecule has 0 aliphatic carbocycles. The summed E-state index contributed by atoms with van der Waals surface area (Å²) in [6, 6.07) is 14.8. The van der Waals surface area contributed by atoms with Gasteiger partial charge in [-0.25, -0.2) is 9.59 Å². The zero-order chi connectivity index (χ0) is 48.7. The third-order valence-corrected chi connectivity index (χ3v) is 14.1. The highest BCUT2D eigenvalue weighted by Gasteiger charge is 2.60. The molecule has 14 atom stereocenters. The first kappa shape index (κ1) is 52.2. The van der Waals surface area contributed by atoms with Gasteiger partial charge in [0.1, 0.15) is 11.9 Å². The van der Waals surface area contributed by atoms with E-state index >= 15 is 0 Å². The first-order valence-electron chi connectivity index (χ1n) is 23.4. The van der Waals surface area contributed by atoms with Gasteiger partial charge in [0.2, 0.25) is 0 Å². The molecule has 66 heavy (non-hydrogen) atoms. The van der Waals surface area contributed by atoms with Crippen molar-refractivity contribution < 1.29 is 52.7 Å². The van der Waals surface area contributed by atoms with E-state index in [9.17, 15) is 24.3 Å². The van der Waals surface area contributed by atoms with E-state index < -0.39 is 89.7 Å². The number of methoxy groups -OCH3 is 1. The quantitative estimate of drug-likeness (QED) is 0.0768. The lowest BCUT2D eigenvalue weighted by Gasteiger charge is -2.48. The Morgan fingerprint density at radius 2 is 1.68 bits per heavy atom. The number of ether oxygens (including phenoxy) is 6. The van der Waals surface area contributed by atoms with Crippen molar-refractivity contribution in [2.75, 3.05) is 40.0 Å². The van der Waals surface area contributed by atoms with Gasteiger partial charge in [0, 0.05) is 55.4 Å². The minimum absolute atomic E-state index is 0.119. The van der Waals surface area contributed by atoms with Gasteiger partial charge in [-0.2, -0.15) is 0 Å². The molecule has 3 saturated heterocycles. The lowest BCUT2D eigenvalue weighted by Crippen LogP contribution is -2.61. The second-order valence-electron chi connectivity index (χ2n) is 19.2. The number of esters is 2. The van der Waals surface area contributed by atoms with Gasteiger partial charge in [0.25, 0.3) is 0 Å². The van der Waals surface area contributed by atoms with E-state index in [4.69, 9.17) is 39.9 Å². The van der Waals surface area contributed by atoms with Crippen LogP contribution in [0, 0.1) is 23.7 Å². The van der Waals surface area contributed by atoms with Crippen LogP contribution in [0.3, 0.4) is 0 Å². The molecule has 3 heterocycles. The van der Waals surface area contributed by atoms with Crippen molar-refractivity contribution in [2.45, 2.75) is 148 Å². The Morgan fingerprint density at radius 3 is 2.32 bits per heavy atom. The van der Waals surface area contributed by atoms with Crippen LogP contribution in [-0.2, 0) is 38.0 Å². The lowest BCUT2D eigenvalue weighted by molar-refractivity contribution is -0.300. The lowest BCUT2D eigenvalue weighted by atomic mass is 9.73. The van der Waals surface area contributed by atoms with Crippen LogP contribution in [0.5, 0.6) is 0 Å². The molecule has 5 rings (SSSR count). The highest BCUT2D eigenvalue weighted by molar-refractivity contribution is 5.89. The minimum Gasteiger partial charge on any atom is -0.458 e. The van der Waals surface area contributed by atoms with Crippen LogP contribution in [0.4, 0.5) is 10.5 Å². The van der Waals surface area contributed by atoms with E-state index in [1.807, 2.05) is 64.9 Å². The summed E-state index contributed by atoms with van der Waals surface area (Å²) in [4.78, 5) is 60.3.